The maximum Gasteiger partial charge on any atom is 0.251 e. The molecule has 0 aliphatic carbocycles. The predicted molar refractivity (Wildman–Crippen MR) is 123 cm³/mol. The number of aryl methyl sites for hydroxylation is 1. The van der Waals surface area contributed by atoms with Crippen molar-refractivity contribution in [2.45, 2.75) is 25.6 Å². The van der Waals surface area contributed by atoms with Crippen molar-refractivity contribution in [3.05, 3.63) is 71.8 Å². The molecule has 3 heterocycles. The molecule has 0 spiro atoms. The third-order valence-corrected chi connectivity index (χ3v) is 5.88. The van der Waals surface area contributed by atoms with Crippen LogP contribution in [0.25, 0.3) is 11.3 Å². The number of anilines is 1. The standard InChI is InChI=1S/C25H26N4O4/c30-24-10-11-29-23(14-22(27-29)19-4-2-1-3-5-19)28(24)16-18-6-8-20(9-7-18)25(31)26-15-21-17-32-12-13-33-21/h1-9,14,21H,10-13,15-17H2,(H,26,31). The molecule has 1 saturated heterocycles. The van der Waals surface area contributed by atoms with Crippen molar-refractivity contribution < 1.29 is 19.1 Å². The maximum absolute atomic E-state index is 12.7. The SMILES string of the molecule is O=C(NCC1COCCO1)c1ccc(CN2C(=O)CCn3nc(-c4ccccc4)cc32)cc1. The lowest BCUT2D eigenvalue weighted by atomic mass is 10.1. The number of nitrogens with one attached hydrogen (secondary N) is 1. The smallest absolute Gasteiger partial charge is 0.251 e. The van der Waals surface area contributed by atoms with E-state index >= 15 is 0 Å². The number of fused-ring (bicyclic) bond motifs is 1. The molecule has 33 heavy (non-hydrogen) atoms. The van der Waals surface area contributed by atoms with Crippen LogP contribution in [0.3, 0.4) is 0 Å². The Bertz CT molecular complexity index is 1120. The van der Waals surface area contributed by atoms with E-state index in [-0.39, 0.29) is 17.9 Å². The summed E-state index contributed by atoms with van der Waals surface area (Å²) in [5.74, 6) is 0.704. The third-order valence-electron chi connectivity index (χ3n) is 5.88. The molecule has 8 heteroatoms. The number of carbonyl (C=O) groups excluding carboxylic acids is 2. The maximum atomic E-state index is 12.7. The Morgan fingerprint density at radius 2 is 1.91 bits per heavy atom. The summed E-state index contributed by atoms with van der Waals surface area (Å²) in [7, 11) is 0. The fourth-order valence-electron chi connectivity index (χ4n) is 4.08. The van der Waals surface area contributed by atoms with Crippen LogP contribution in [0, 0.1) is 0 Å². The van der Waals surface area contributed by atoms with Crippen molar-refractivity contribution in [2.24, 2.45) is 0 Å². The predicted octanol–water partition coefficient (Wildman–Crippen LogP) is 2.63. The van der Waals surface area contributed by atoms with E-state index in [4.69, 9.17) is 14.6 Å². The number of carbonyl (C=O) groups is 2. The molecule has 2 aromatic carbocycles. The molecule has 1 unspecified atom stereocenters. The zero-order valence-electron chi connectivity index (χ0n) is 18.3. The molecule has 0 radical (unpaired) electrons. The summed E-state index contributed by atoms with van der Waals surface area (Å²) >= 11 is 0. The Morgan fingerprint density at radius 3 is 2.67 bits per heavy atom. The van der Waals surface area contributed by atoms with Gasteiger partial charge in [-0.25, -0.2) is 4.68 Å². The molecule has 1 N–H and O–H groups in total. The molecule has 8 nitrogen and oxygen atoms in total. The first-order valence-corrected chi connectivity index (χ1v) is 11.2. The lowest BCUT2D eigenvalue weighted by molar-refractivity contribution is -0.119. The largest absolute Gasteiger partial charge is 0.376 e. The van der Waals surface area contributed by atoms with Crippen LogP contribution < -0.4 is 10.2 Å². The number of hydrogen-bond donors (Lipinski definition) is 1. The lowest BCUT2D eigenvalue weighted by Gasteiger charge is -2.27. The first-order chi connectivity index (χ1) is 16.2. The monoisotopic (exact) mass is 446 g/mol. The topological polar surface area (TPSA) is 85.7 Å². The summed E-state index contributed by atoms with van der Waals surface area (Å²) in [4.78, 5) is 26.9. The van der Waals surface area contributed by atoms with E-state index < -0.39 is 0 Å². The van der Waals surface area contributed by atoms with Gasteiger partial charge in [-0.2, -0.15) is 5.10 Å². The molecular formula is C25H26N4O4. The van der Waals surface area contributed by atoms with Gasteiger partial charge >= 0.3 is 0 Å². The van der Waals surface area contributed by atoms with Crippen LogP contribution in [0.1, 0.15) is 22.3 Å². The van der Waals surface area contributed by atoms with E-state index in [1.165, 1.54) is 0 Å². The van der Waals surface area contributed by atoms with Gasteiger partial charge in [0, 0.05) is 30.2 Å². The molecule has 2 amide bonds. The Kier molecular flexibility index (Phi) is 6.19. The van der Waals surface area contributed by atoms with Gasteiger partial charge in [0.2, 0.25) is 5.91 Å². The summed E-state index contributed by atoms with van der Waals surface area (Å²) in [6.45, 7) is 3.05. The lowest BCUT2D eigenvalue weighted by Crippen LogP contribution is -2.39. The number of rotatable bonds is 6. The minimum atomic E-state index is -0.157. The fourth-order valence-corrected chi connectivity index (χ4v) is 4.08. The highest BCUT2D eigenvalue weighted by Gasteiger charge is 2.26. The van der Waals surface area contributed by atoms with Gasteiger partial charge in [0.05, 0.1) is 44.7 Å². The quantitative estimate of drug-likeness (QED) is 0.629. The number of aromatic nitrogens is 2. The van der Waals surface area contributed by atoms with Crippen LogP contribution in [0.4, 0.5) is 5.82 Å². The number of ether oxygens (including phenoxy) is 2. The van der Waals surface area contributed by atoms with Crippen molar-refractivity contribution >= 4 is 17.6 Å². The van der Waals surface area contributed by atoms with Crippen LogP contribution in [0.15, 0.2) is 60.7 Å². The van der Waals surface area contributed by atoms with Crippen molar-refractivity contribution in [3.8, 4) is 11.3 Å². The van der Waals surface area contributed by atoms with Crippen molar-refractivity contribution in [2.75, 3.05) is 31.3 Å². The summed E-state index contributed by atoms with van der Waals surface area (Å²) in [6.07, 6.45) is 0.300. The van der Waals surface area contributed by atoms with Gasteiger partial charge in [-0.1, -0.05) is 42.5 Å². The highest BCUT2D eigenvalue weighted by atomic mass is 16.6. The second-order valence-electron chi connectivity index (χ2n) is 8.18. The minimum absolute atomic E-state index is 0.0681. The minimum Gasteiger partial charge on any atom is -0.376 e. The normalized spacial score (nSPS) is 18.1. The van der Waals surface area contributed by atoms with Crippen LogP contribution in [-0.4, -0.2) is 54.1 Å². The van der Waals surface area contributed by atoms with E-state index in [1.54, 1.807) is 17.0 Å². The molecule has 1 aromatic heterocycles. The summed E-state index contributed by atoms with van der Waals surface area (Å²) in [5.41, 5.74) is 3.38. The van der Waals surface area contributed by atoms with Crippen molar-refractivity contribution in [1.29, 1.82) is 0 Å². The summed E-state index contributed by atoms with van der Waals surface area (Å²) in [6, 6.07) is 19.2. The molecule has 1 fully saturated rings. The second-order valence-corrected chi connectivity index (χ2v) is 8.18. The first-order valence-electron chi connectivity index (χ1n) is 11.2. The highest BCUT2D eigenvalue weighted by Crippen LogP contribution is 2.29. The Labute approximate surface area is 192 Å². The molecule has 0 bridgehead atoms. The number of nitrogens with zero attached hydrogens (tertiary/aromatic N) is 3. The van der Waals surface area contributed by atoms with E-state index in [9.17, 15) is 9.59 Å². The van der Waals surface area contributed by atoms with Gasteiger partial charge in [0.25, 0.3) is 5.91 Å². The molecule has 170 valence electrons. The Morgan fingerprint density at radius 1 is 1.09 bits per heavy atom. The first kappa shape index (κ1) is 21.4. The Balaban J connectivity index is 1.26. The van der Waals surface area contributed by atoms with E-state index in [1.807, 2.05) is 53.2 Å². The number of amides is 2. The van der Waals surface area contributed by atoms with E-state index in [2.05, 4.69) is 5.32 Å². The van der Waals surface area contributed by atoms with Crippen molar-refractivity contribution in [1.82, 2.24) is 15.1 Å². The number of hydrogen-bond acceptors (Lipinski definition) is 5. The van der Waals surface area contributed by atoms with Crippen LogP contribution in [-0.2, 0) is 27.4 Å². The molecular weight excluding hydrogens is 420 g/mol. The van der Waals surface area contributed by atoms with Crippen molar-refractivity contribution in [3.63, 3.8) is 0 Å². The van der Waals surface area contributed by atoms with Gasteiger partial charge in [-0.15, -0.1) is 0 Å². The average molecular weight is 447 g/mol. The molecule has 2 aliphatic rings. The average Bonchev–Trinajstić information content (AvgIpc) is 3.31. The molecule has 1 atom stereocenters. The second kappa shape index (κ2) is 9.56. The van der Waals surface area contributed by atoms with Gasteiger partial charge in [-0.05, 0) is 17.7 Å². The van der Waals surface area contributed by atoms with E-state index in [0.717, 1.165) is 22.6 Å². The van der Waals surface area contributed by atoms with Crippen LogP contribution in [0.2, 0.25) is 0 Å². The van der Waals surface area contributed by atoms with Crippen LogP contribution in [0.5, 0.6) is 0 Å². The Hall–Kier alpha value is -3.49. The van der Waals surface area contributed by atoms with E-state index in [0.29, 0.717) is 51.4 Å². The zero-order chi connectivity index (χ0) is 22.6. The summed E-state index contributed by atoms with van der Waals surface area (Å²) < 4.78 is 12.8. The third kappa shape index (κ3) is 4.81. The van der Waals surface area contributed by atoms with Gasteiger partial charge in [0.1, 0.15) is 5.82 Å². The summed E-state index contributed by atoms with van der Waals surface area (Å²) in [5, 5.41) is 7.58. The van der Waals surface area contributed by atoms with Gasteiger partial charge < -0.3 is 14.8 Å². The van der Waals surface area contributed by atoms with Crippen LogP contribution >= 0.6 is 0 Å². The zero-order valence-corrected chi connectivity index (χ0v) is 18.3. The molecule has 3 aromatic rings. The highest BCUT2D eigenvalue weighted by molar-refractivity contribution is 5.95. The van der Waals surface area contributed by atoms with Gasteiger partial charge in [-0.3, -0.25) is 14.5 Å². The number of benzene rings is 2. The van der Waals surface area contributed by atoms with Gasteiger partial charge in [0.15, 0.2) is 0 Å². The molecule has 5 rings (SSSR count). The fraction of sp³-hybridized carbons (Fsp3) is 0.320. The molecule has 2 aliphatic heterocycles. The molecule has 0 saturated carbocycles.